The van der Waals surface area contributed by atoms with Crippen LogP contribution in [0.3, 0.4) is 0 Å². The van der Waals surface area contributed by atoms with Crippen LogP contribution in [0, 0.1) is 5.82 Å². The van der Waals surface area contributed by atoms with E-state index < -0.39 is 11.4 Å². The summed E-state index contributed by atoms with van der Waals surface area (Å²) < 4.78 is 18.7. The first kappa shape index (κ1) is 13.4. The van der Waals surface area contributed by atoms with Gasteiger partial charge in [-0.15, -0.1) is 0 Å². The Morgan fingerprint density at radius 2 is 2.44 bits per heavy atom. The number of nitrogens with one attached hydrogen (secondary N) is 1. The van der Waals surface area contributed by atoms with Crippen LogP contribution in [0.4, 0.5) is 4.39 Å². The maximum Gasteiger partial charge on any atom is 0.141 e. The molecule has 1 saturated heterocycles. The Kier molecular flexibility index (Phi) is 4.27. The van der Waals surface area contributed by atoms with Gasteiger partial charge in [-0.1, -0.05) is 0 Å². The molecule has 0 amide bonds. The Balaban J connectivity index is 2.04. The highest BCUT2D eigenvalue weighted by molar-refractivity contribution is 5.20. The van der Waals surface area contributed by atoms with E-state index in [9.17, 15) is 9.50 Å². The second-order valence-electron chi connectivity index (χ2n) is 4.90. The number of hydrogen-bond donors (Lipinski definition) is 2. The van der Waals surface area contributed by atoms with E-state index in [1.807, 2.05) is 6.92 Å². The molecule has 2 heterocycles. The molecule has 0 bridgehead atoms. The van der Waals surface area contributed by atoms with Gasteiger partial charge in [0.25, 0.3) is 0 Å². The third-order valence-electron chi connectivity index (χ3n) is 3.40. The van der Waals surface area contributed by atoms with Gasteiger partial charge in [-0.2, -0.15) is 0 Å². The van der Waals surface area contributed by atoms with Crippen molar-refractivity contribution in [3.05, 3.63) is 29.8 Å². The van der Waals surface area contributed by atoms with Crippen LogP contribution < -0.4 is 5.32 Å². The van der Waals surface area contributed by atoms with Crippen molar-refractivity contribution >= 4 is 0 Å². The van der Waals surface area contributed by atoms with Crippen LogP contribution in [0.5, 0.6) is 0 Å². The number of ether oxygens (including phenoxy) is 1. The minimum Gasteiger partial charge on any atom is -0.394 e. The molecule has 100 valence electrons. The summed E-state index contributed by atoms with van der Waals surface area (Å²) in [4.78, 5) is 3.82. The van der Waals surface area contributed by atoms with Crippen molar-refractivity contribution < 1.29 is 14.2 Å². The summed E-state index contributed by atoms with van der Waals surface area (Å²) in [5.41, 5.74) is -0.0517. The molecule has 1 aromatic rings. The van der Waals surface area contributed by atoms with E-state index in [2.05, 4.69) is 10.3 Å². The normalized spacial score (nSPS) is 22.9. The van der Waals surface area contributed by atoms with Crippen molar-refractivity contribution in [1.29, 1.82) is 0 Å². The molecule has 0 saturated carbocycles. The largest absolute Gasteiger partial charge is 0.394 e. The van der Waals surface area contributed by atoms with Gasteiger partial charge >= 0.3 is 0 Å². The van der Waals surface area contributed by atoms with E-state index in [-0.39, 0.29) is 12.7 Å². The molecule has 1 aliphatic heterocycles. The highest BCUT2D eigenvalue weighted by Gasteiger charge is 2.28. The molecule has 4 nitrogen and oxygen atoms in total. The molecular formula is C13H19FN2O2. The molecule has 2 atom stereocenters. The van der Waals surface area contributed by atoms with Crippen molar-refractivity contribution in [3.8, 4) is 0 Å². The van der Waals surface area contributed by atoms with Gasteiger partial charge in [0, 0.05) is 19.3 Å². The van der Waals surface area contributed by atoms with Gasteiger partial charge in [0.15, 0.2) is 0 Å². The Morgan fingerprint density at radius 1 is 1.61 bits per heavy atom. The van der Waals surface area contributed by atoms with Crippen molar-refractivity contribution in [3.63, 3.8) is 0 Å². The molecular weight excluding hydrogens is 235 g/mol. The summed E-state index contributed by atoms with van der Waals surface area (Å²) in [6, 6.07) is 1.39. The Labute approximate surface area is 106 Å². The molecule has 0 radical (unpaired) electrons. The highest BCUT2D eigenvalue weighted by Crippen LogP contribution is 2.21. The van der Waals surface area contributed by atoms with E-state index in [0.29, 0.717) is 12.1 Å². The van der Waals surface area contributed by atoms with E-state index in [1.165, 1.54) is 6.07 Å². The average Bonchev–Trinajstić information content (AvgIpc) is 2.89. The number of pyridine rings is 1. The molecule has 0 aliphatic carbocycles. The summed E-state index contributed by atoms with van der Waals surface area (Å²) in [7, 11) is 0. The first-order chi connectivity index (χ1) is 8.64. The molecule has 0 aromatic carbocycles. The van der Waals surface area contributed by atoms with E-state index in [1.54, 1.807) is 6.20 Å². The highest BCUT2D eigenvalue weighted by atomic mass is 19.1. The monoisotopic (exact) mass is 254 g/mol. The minimum absolute atomic E-state index is 0.120. The molecule has 1 fully saturated rings. The van der Waals surface area contributed by atoms with Gasteiger partial charge in [-0.25, -0.2) is 4.39 Å². The predicted molar refractivity (Wildman–Crippen MR) is 65.6 cm³/mol. The zero-order valence-electron chi connectivity index (χ0n) is 10.5. The number of aliphatic hydroxyl groups is 1. The van der Waals surface area contributed by atoms with Crippen LogP contribution >= 0.6 is 0 Å². The predicted octanol–water partition coefficient (Wildman–Crippen LogP) is 1.20. The fraction of sp³-hybridized carbons (Fsp3) is 0.615. The van der Waals surface area contributed by atoms with Gasteiger partial charge in [0.2, 0.25) is 0 Å². The van der Waals surface area contributed by atoms with Crippen molar-refractivity contribution in [2.75, 3.05) is 19.8 Å². The fourth-order valence-electron chi connectivity index (χ4n) is 2.11. The van der Waals surface area contributed by atoms with Crippen LogP contribution in [-0.4, -0.2) is 36.0 Å². The van der Waals surface area contributed by atoms with Crippen LogP contribution in [0.1, 0.15) is 25.3 Å². The third kappa shape index (κ3) is 3.04. The van der Waals surface area contributed by atoms with E-state index in [4.69, 9.17) is 4.74 Å². The van der Waals surface area contributed by atoms with Crippen LogP contribution in [-0.2, 0) is 10.3 Å². The Bertz CT molecular complexity index is 396. The van der Waals surface area contributed by atoms with Crippen molar-refractivity contribution in [1.82, 2.24) is 10.3 Å². The topological polar surface area (TPSA) is 54.4 Å². The molecule has 18 heavy (non-hydrogen) atoms. The summed E-state index contributed by atoms with van der Waals surface area (Å²) >= 11 is 0. The van der Waals surface area contributed by atoms with Gasteiger partial charge < -0.3 is 15.2 Å². The lowest BCUT2D eigenvalue weighted by Gasteiger charge is -2.30. The average molecular weight is 254 g/mol. The van der Waals surface area contributed by atoms with Crippen molar-refractivity contribution in [2.45, 2.75) is 31.4 Å². The molecule has 1 aliphatic rings. The summed E-state index contributed by atoms with van der Waals surface area (Å²) in [5.74, 6) is -0.397. The SMILES string of the molecule is CC(CO)(NCC1CCCO1)c1cncc(F)c1. The summed E-state index contributed by atoms with van der Waals surface area (Å²) in [6.07, 6.45) is 5.00. The van der Waals surface area contributed by atoms with Gasteiger partial charge in [0.1, 0.15) is 5.82 Å². The molecule has 2 N–H and O–H groups in total. The quantitative estimate of drug-likeness (QED) is 0.829. The second kappa shape index (κ2) is 5.73. The van der Waals surface area contributed by atoms with Crippen molar-refractivity contribution in [2.24, 2.45) is 0 Å². The second-order valence-corrected chi connectivity index (χ2v) is 4.90. The Hall–Kier alpha value is -1.04. The first-order valence-electron chi connectivity index (χ1n) is 6.22. The molecule has 0 spiro atoms. The zero-order chi connectivity index (χ0) is 13.0. The van der Waals surface area contributed by atoms with Gasteiger partial charge in [0.05, 0.1) is 24.4 Å². The maximum absolute atomic E-state index is 13.2. The standard InChI is InChI=1S/C13H19FN2O2/c1-13(9-17,10-5-11(14)7-15-6-10)16-8-12-3-2-4-18-12/h5-7,12,16-17H,2-4,8-9H2,1H3. The smallest absolute Gasteiger partial charge is 0.141 e. The molecule has 2 unspecified atom stereocenters. The van der Waals surface area contributed by atoms with Gasteiger partial charge in [-0.05, 0) is 31.4 Å². The third-order valence-corrected chi connectivity index (χ3v) is 3.40. The first-order valence-corrected chi connectivity index (χ1v) is 6.22. The zero-order valence-corrected chi connectivity index (χ0v) is 10.5. The van der Waals surface area contributed by atoms with Gasteiger partial charge in [-0.3, -0.25) is 4.98 Å². The van der Waals surface area contributed by atoms with Crippen LogP contribution in [0.25, 0.3) is 0 Å². The summed E-state index contributed by atoms with van der Waals surface area (Å²) in [6.45, 7) is 3.15. The lowest BCUT2D eigenvalue weighted by molar-refractivity contribution is 0.0909. The number of aromatic nitrogens is 1. The Morgan fingerprint density at radius 3 is 3.06 bits per heavy atom. The number of hydrogen-bond acceptors (Lipinski definition) is 4. The number of halogens is 1. The molecule has 5 heteroatoms. The van der Waals surface area contributed by atoms with E-state index in [0.717, 1.165) is 25.6 Å². The fourth-order valence-corrected chi connectivity index (χ4v) is 2.11. The molecule has 2 rings (SSSR count). The molecule has 1 aromatic heterocycles. The lowest BCUT2D eigenvalue weighted by Crippen LogP contribution is -2.46. The van der Waals surface area contributed by atoms with E-state index >= 15 is 0 Å². The maximum atomic E-state index is 13.2. The van der Waals surface area contributed by atoms with Crippen LogP contribution in [0.15, 0.2) is 18.5 Å². The number of aliphatic hydroxyl groups excluding tert-OH is 1. The summed E-state index contributed by atoms with van der Waals surface area (Å²) in [5, 5.41) is 12.8. The number of nitrogens with zero attached hydrogens (tertiary/aromatic N) is 1. The van der Waals surface area contributed by atoms with Crippen LogP contribution in [0.2, 0.25) is 0 Å². The lowest BCUT2D eigenvalue weighted by atomic mass is 9.94. The number of rotatable bonds is 5. The minimum atomic E-state index is -0.693.